The van der Waals surface area contributed by atoms with Gasteiger partial charge in [0.15, 0.2) is 0 Å². The van der Waals surface area contributed by atoms with Gasteiger partial charge in [0.05, 0.1) is 5.52 Å². The van der Waals surface area contributed by atoms with Crippen molar-refractivity contribution in [2.24, 2.45) is 0 Å². The third kappa shape index (κ3) is 11.0. The predicted molar refractivity (Wildman–Crippen MR) is 126 cm³/mol. The second kappa shape index (κ2) is 18.4. The van der Waals surface area contributed by atoms with Crippen molar-refractivity contribution < 1.29 is 0 Å². The van der Waals surface area contributed by atoms with Crippen LogP contribution in [0.15, 0.2) is 73.8 Å². The van der Waals surface area contributed by atoms with Gasteiger partial charge in [0.1, 0.15) is 0 Å². The normalized spacial score (nSPS) is 8.41. The molecule has 1 heterocycles. The Balaban J connectivity index is 0. The van der Waals surface area contributed by atoms with Crippen LogP contribution in [0.5, 0.6) is 0 Å². The Bertz CT molecular complexity index is 716. The monoisotopic (exact) mass is 365 g/mol. The van der Waals surface area contributed by atoms with Crippen LogP contribution < -0.4 is 0 Å². The first-order valence-corrected chi connectivity index (χ1v) is 10.1. The molecule has 0 fully saturated rings. The highest BCUT2D eigenvalue weighted by molar-refractivity contribution is 5.78. The second-order valence-corrected chi connectivity index (χ2v) is 5.32. The molecule has 0 radical (unpaired) electrons. The minimum atomic E-state index is 1.07. The number of para-hydroxylation sites is 1. The summed E-state index contributed by atoms with van der Waals surface area (Å²) in [5.41, 5.74) is 5.06. The molecule has 1 heteroatoms. The molecule has 0 N–H and O–H groups in total. The largest absolute Gasteiger partial charge is 0.253 e. The van der Waals surface area contributed by atoms with Crippen LogP contribution in [-0.4, -0.2) is 4.98 Å². The highest BCUT2D eigenvalue weighted by Gasteiger charge is 1.92. The SMILES string of the molecule is C=C.CC.CC.CCCc1ccccc1C.Cc1ccc2ccccc2n1. The Kier molecular flexibility index (Phi) is 18.3. The van der Waals surface area contributed by atoms with Gasteiger partial charge in [0.2, 0.25) is 0 Å². The van der Waals surface area contributed by atoms with E-state index in [2.05, 4.69) is 68.4 Å². The standard InChI is InChI=1S/C10H9N.C10H14.2C2H6.C2H4/c1-8-6-7-9-4-2-3-5-10(9)11-8;1-3-6-10-8-5-4-7-9(10)2;3*1-2/h2-7H,1H3;4-5,7-8H,3,6H2,1-2H3;2*1-2H3;1-2H2. The van der Waals surface area contributed by atoms with Crippen LogP contribution in [0.1, 0.15) is 57.9 Å². The van der Waals surface area contributed by atoms with Gasteiger partial charge in [0.25, 0.3) is 0 Å². The Morgan fingerprint density at radius 1 is 0.741 bits per heavy atom. The van der Waals surface area contributed by atoms with Crippen molar-refractivity contribution in [2.45, 2.75) is 61.3 Å². The van der Waals surface area contributed by atoms with E-state index in [9.17, 15) is 0 Å². The summed E-state index contributed by atoms with van der Waals surface area (Å²) < 4.78 is 0. The first-order valence-electron chi connectivity index (χ1n) is 10.1. The fourth-order valence-corrected chi connectivity index (χ4v) is 2.33. The second-order valence-electron chi connectivity index (χ2n) is 5.32. The quantitative estimate of drug-likeness (QED) is 0.416. The molecule has 0 amide bonds. The first kappa shape index (κ1) is 26.8. The van der Waals surface area contributed by atoms with Crippen molar-refractivity contribution in [1.82, 2.24) is 4.98 Å². The lowest BCUT2D eigenvalue weighted by atomic mass is 10.1. The zero-order valence-electron chi connectivity index (χ0n) is 18.5. The Hall–Kier alpha value is -2.41. The van der Waals surface area contributed by atoms with Crippen LogP contribution in [0.4, 0.5) is 0 Å². The maximum atomic E-state index is 4.38. The Labute approximate surface area is 168 Å². The number of pyridine rings is 1. The van der Waals surface area contributed by atoms with Gasteiger partial charge in [0, 0.05) is 11.1 Å². The topological polar surface area (TPSA) is 12.9 Å². The fourth-order valence-electron chi connectivity index (χ4n) is 2.33. The minimum Gasteiger partial charge on any atom is -0.253 e. The van der Waals surface area contributed by atoms with Crippen molar-refractivity contribution in [1.29, 1.82) is 0 Å². The molecule has 0 atom stereocenters. The van der Waals surface area contributed by atoms with Crippen molar-refractivity contribution in [3.05, 3.63) is 90.6 Å². The molecule has 0 unspecified atom stereocenters. The van der Waals surface area contributed by atoms with E-state index in [0.29, 0.717) is 0 Å². The molecule has 1 aromatic heterocycles. The van der Waals surface area contributed by atoms with Gasteiger partial charge in [-0.25, -0.2) is 0 Å². The Morgan fingerprint density at radius 3 is 1.89 bits per heavy atom. The molecule has 0 bridgehead atoms. The zero-order chi connectivity index (χ0) is 21.1. The molecule has 0 saturated carbocycles. The lowest BCUT2D eigenvalue weighted by molar-refractivity contribution is 0.913. The van der Waals surface area contributed by atoms with Gasteiger partial charge in [-0.3, -0.25) is 4.98 Å². The summed E-state index contributed by atoms with van der Waals surface area (Å²) in [5.74, 6) is 0. The number of fused-ring (bicyclic) bond motifs is 1. The van der Waals surface area contributed by atoms with Gasteiger partial charge in [-0.1, -0.05) is 89.6 Å². The molecular weight excluding hydrogens is 326 g/mol. The van der Waals surface area contributed by atoms with E-state index in [0.717, 1.165) is 11.2 Å². The van der Waals surface area contributed by atoms with Crippen molar-refractivity contribution in [3.63, 3.8) is 0 Å². The fraction of sp³-hybridized carbons (Fsp3) is 0.346. The molecule has 27 heavy (non-hydrogen) atoms. The molecule has 0 aliphatic heterocycles. The summed E-state index contributed by atoms with van der Waals surface area (Å²) >= 11 is 0. The number of aromatic nitrogens is 1. The number of benzene rings is 2. The first-order chi connectivity index (χ1) is 13.2. The van der Waals surface area contributed by atoms with Gasteiger partial charge < -0.3 is 0 Å². The van der Waals surface area contributed by atoms with E-state index in [1.54, 1.807) is 0 Å². The molecule has 3 rings (SSSR count). The lowest BCUT2D eigenvalue weighted by Gasteiger charge is -2.01. The summed E-state index contributed by atoms with van der Waals surface area (Å²) in [6.07, 6.45) is 2.46. The maximum absolute atomic E-state index is 4.38. The number of nitrogens with zero attached hydrogens (tertiary/aromatic N) is 1. The van der Waals surface area contributed by atoms with E-state index in [1.807, 2.05) is 58.9 Å². The van der Waals surface area contributed by atoms with Crippen molar-refractivity contribution in [3.8, 4) is 0 Å². The highest BCUT2D eigenvalue weighted by atomic mass is 14.7. The summed E-state index contributed by atoms with van der Waals surface area (Å²) in [6, 6.07) is 20.8. The van der Waals surface area contributed by atoms with Gasteiger partial charge in [-0.15, -0.1) is 13.2 Å². The Morgan fingerprint density at radius 2 is 1.30 bits per heavy atom. The van der Waals surface area contributed by atoms with Crippen molar-refractivity contribution >= 4 is 10.9 Å². The number of rotatable bonds is 2. The molecule has 0 aliphatic rings. The summed E-state index contributed by atoms with van der Waals surface area (Å²) in [4.78, 5) is 4.38. The number of hydrogen-bond donors (Lipinski definition) is 0. The average Bonchev–Trinajstić information content (AvgIpc) is 2.75. The molecule has 1 nitrogen and oxygen atoms in total. The average molecular weight is 366 g/mol. The van der Waals surface area contributed by atoms with Gasteiger partial charge in [-0.2, -0.15) is 0 Å². The van der Waals surface area contributed by atoms with E-state index < -0.39 is 0 Å². The maximum Gasteiger partial charge on any atom is 0.0705 e. The molecule has 148 valence electrons. The van der Waals surface area contributed by atoms with Crippen LogP contribution in [0, 0.1) is 13.8 Å². The minimum absolute atomic E-state index is 1.07. The summed E-state index contributed by atoms with van der Waals surface area (Å²) in [7, 11) is 0. The van der Waals surface area contributed by atoms with Crippen LogP contribution in [0.25, 0.3) is 10.9 Å². The predicted octanol–water partition coefficient (Wildman–Crippen LogP) is 8.35. The number of aryl methyl sites for hydroxylation is 3. The van der Waals surface area contributed by atoms with E-state index >= 15 is 0 Å². The summed E-state index contributed by atoms with van der Waals surface area (Å²) in [5, 5.41) is 1.21. The zero-order valence-corrected chi connectivity index (χ0v) is 18.5. The van der Waals surface area contributed by atoms with Crippen LogP contribution in [0.3, 0.4) is 0 Å². The van der Waals surface area contributed by atoms with Crippen molar-refractivity contribution in [2.75, 3.05) is 0 Å². The van der Waals surface area contributed by atoms with Crippen LogP contribution in [0.2, 0.25) is 0 Å². The lowest BCUT2D eigenvalue weighted by Crippen LogP contribution is -1.85. The highest BCUT2D eigenvalue weighted by Crippen LogP contribution is 2.10. The molecule has 0 saturated heterocycles. The molecule has 3 aromatic rings. The van der Waals surface area contributed by atoms with Gasteiger partial charge in [-0.05, 0) is 43.5 Å². The smallest absolute Gasteiger partial charge is 0.0705 e. The third-order valence-electron chi connectivity index (χ3n) is 3.52. The molecule has 0 spiro atoms. The van der Waals surface area contributed by atoms with Crippen LogP contribution >= 0.6 is 0 Å². The van der Waals surface area contributed by atoms with E-state index in [-0.39, 0.29) is 0 Å². The van der Waals surface area contributed by atoms with Gasteiger partial charge >= 0.3 is 0 Å². The third-order valence-corrected chi connectivity index (χ3v) is 3.52. The van der Waals surface area contributed by atoms with E-state index in [4.69, 9.17) is 0 Å². The summed E-state index contributed by atoms with van der Waals surface area (Å²) in [6.45, 7) is 20.4. The number of hydrogen-bond acceptors (Lipinski definition) is 1. The van der Waals surface area contributed by atoms with E-state index in [1.165, 1.54) is 29.4 Å². The molecule has 0 aliphatic carbocycles. The molecule has 2 aromatic carbocycles. The van der Waals surface area contributed by atoms with Crippen LogP contribution in [-0.2, 0) is 6.42 Å². The molecular formula is C26H39N.